The predicted octanol–water partition coefficient (Wildman–Crippen LogP) is 1.68. The van der Waals surface area contributed by atoms with Crippen LogP contribution in [0.3, 0.4) is 0 Å². The lowest BCUT2D eigenvalue weighted by molar-refractivity contribution is -0.123. The molecule has 0 bridgehead atoms. The van der Waals surface area contributed by atoms with E-state index in [1.807, 2.05) is 0 Å². The van der Waals surface area contributed by atoms with Crippen molar-refractivity contribution in [1.82, 2.24) is 5.32 Å². The number of hydrogen-bond acceptors (Lipinski definition) is 3. The van der Waals surface area contributed by atoms with E-state index in [9.17, 15) is 4.79 Å². The molecule has 18 heavy (non-hydrogen) atoms. The molecule has 0 aromatic rings. The maximum Gasteiger partial charge on any atom is 0.220 e. The van der Waals surface area contributed by atoms with Crippen LogP contribution in [0.2, 0.25) is 0 Å². The van der Waals surface area contributed by atoms with Gasteiger partial charge in [0, 0.05) is 19.6 Å². The van der Waals surface area contributed by atoms with E-state index in [0.29, 0.717) is 24.9 Å². The zero-order chi connectivity index (χ0) is 13.5. The lowest BCUT2D eigenvalue weighted by Crippen LogP contribution is -2.44. The van der Waals surface area contributed by atoms with Crippen molar-refractivity contribution in [2.45, 2.75) is 58.0 Å². The second-order valence-corrected chi connectivity index (χ2v) is 5.79. The van der Waals surface area contributed by atoms with Crippen LogP contribution in [-0.2, 0) is 9.53 Å². The molecule has 1 aliphatic carbocycles. The molecular formula is C14H28N2O2. The van der Waals surface area contributed by atoms with Gasteiger partial charge in [0.05, 0.1) is 12.6 Å². The molecule has 1 saturated carbocycles. The van der Waals surface area contributed by atoms with Crippen LogP contribution < -0.4 is 11.1 Å². The summed E-state index contributed by atoms with van der Waals surface area (Å²) in [4.78, 5) is 12.0. The highest BCUT2D eigenvalue weighted by Crippen LogP contribution is 2.25. The largest absolute Gasteiger partial charge is 0.383 e. The predicted molar refractivity (Wildman–Crippen MR) is 73.2 cm³/mol. The minimum atomic E-state index is 0.0994. The number of nitrogens with one attached hydrogen (secondary N) is 1. The van der Waals surface area contributed by atoms with Crippen molar-refractivity contribution in [1.29, 1.82) is 0 Å². The Kier molecular flexibility index (Phi) is 6.65. The Morgan fingerprint density at radius 3 is 2.61 bits per heavy atom. The molecule has 3 unspecified atom stereocenters. The maximum absolute atomic E-state index is 12.0. The topological polar surface area (TPSA) is 64.3 Å². The average Bonchev–Trinajstić information content (AvgIpc) is 2.31. The summed E-state index contributed by atoms with van der Waals surface area (Å²) in [5.74, 6) is 0.858. The van der Waals surface area contributed by atoms with Crippen molar-refractivity contribution < 1.29 is 9.53 Å². The lowest BCUT2D eigenvalue weighted by atomic mass is 9.83. The standard InChI is InChI=1S/C14H28N2O2/c1-10(2)13(9-18-3)16-14(17)8-11-6-4-5-7-12(11)15/h10-13H,4-9,15H2,1-3H3,(H,16,17). The molecule has 1 rings (SSSR count). The molecule has 106 valence electrons. The van der Waals surface area contributed by atoms with Crippen LogP contribution >= 0.6 is 0 Å². The molecule has 1 fully saturated rings. The van der Waals surface area contributed by atoms with Gasteiger partial charge in [-0.15, -0.1) is 0 Å². The van der Waals surface area contributed by atoms with Gasteiger partial charge in [0.1, 0.15) is 0 Å². The third kappa shape index (κ3) is 4.94. The first-order valence-corrected chi connectivity index (χ1v) is 7.08. The van der Waals surface area contributed by atoms with Gasteiger partial charge in [0.2, 0.25) is 5.91 Å². The monoisotopic (exact) mass is 256 g/mol. The van der Waals surface area contributed by atoms with Crippen LogP contribution in [0, 0.1) is 11.8 Å². The number of nitrogens with two attached hydrogens (primary N) is 1. The SMILES string of the molecule is COCC(NC(=O)CC1CCCCC1N)C(C)C. The Hall–Kier alpha value is -0.610. The fourth-order valence-corrected chi connectivity index (χ4v) is 2.57. The molecule has 1 aliphatic rings. The summed E-state index contributed by atoms with van der Waals surface area (Å²) in [7, 11) is 1.67. The first-order valence-electron chi connectivity index (χ1n) is 7.08. The number of rotatable bonds is 6. The summed E-state index contributed by atoms with van der Waals surface area (Å²) in [6, 6.07) is 0.298. The highest BCUT2D eigenvalue weighted by atomic mass is 16.5. The summed E-state index contributed by atoms with van der Waals surface area (Å²) in [6.45, 7) is 4.76. The molecule has 1 amide bonds. The summed E-state index contributed by atoms with van der Waals surface area (Å²) < 4.78 is 5.14. The normalized spacial score (nSPS) is 26.1. The molecule has 0 aromatic carbocycles. The maximum atomic E-state index is 12.0. The van der Waals surface area contributed by atoms with Crippen molar-refractivity contribution in [3.63, 3.8) is 0 Å². The highest BCUT2D eigenvalue weighted by Gasteiger charge is 2.25. The molecular weight excluding hydrogens is 228 g/mol. The summed E-state index contributed by atoms with van der Waals surface area (Å²) in [6.07, 6.45) is 5.12. The van der Waals surface area contributed by atoms with Gasteiger partial charge in [-0.25, -0.2) is 0 Å². The van der Waals surface area contributed by atoms with Crippen molar-refractivity contribution in [3.8, 4) is 0 Å². The van der Waals surface area contributed by atoms with Gasteiger partial charge in [-0.2, -0.15) is 0 Å². The van der Waals surface area contributed by atoms with E-state index in [2.05, 4.69) is 19.2 Å². The first-order chi connectivity index (χ1) is 8.54. The molecule has 0 heterocycles. The highest BCUT2D eigenvalue weighted by molar-refractivity contribution is 5.76. The van der Waals surface area contributed by atoms with E-state index < -0.39 is 0 Å². The second-order valence-electron chi connectivity index (χ2n) is 5.79. The molecule has 3 atom stereocenters. The number of carbonyl (C=O) groups excluding carboxylic acids is 1. The van der Waals surface area contributed by atoms with E-state index in [-0.39, 0.29) is 18.0 Å². The van der Waals surface area contributed by atoms with Crippen LogP contribution in [-0.4, -0.2) is 31.7 Å². The number of ether oxygens (including phenoxy) is 1. The van der Waals surface area contributed by atoms with Gasteiger partial charge in [-0.05, 0) is 24.7 Å². The van der Waals surface area contributed by atoms with Crippen molar-refractivity contribution >= 4 is 5.91 Å². The first kappa shape index (κ1) is 15.4. The van der Waals surface area contributed by atoms with Gasteiger partial charge in [0.15, 0.2) is 0 Å². The Balaban J connectivity index is 2.39. The van der Waals surface area contributed by atoms with Gasteiger partial charge in [-0.3, -0.25) is 4.79 Å². The molecule has 4 heteroatoms. The van der Waals surface area contributed by atoms with E-state index in [1.165, 1.54) is 12.8 Å². The quantitative estimate of drug-likeness (QED) is 0.760. The Morgan fingerprint density at radius 1 is 1.39 bits per heavy atom. The van der Waals surface area contributed by atoms with Gasteiger partial charge >= 0.3 is 0 Å². The van der Waals surface area contributed by atoms with Crippen LogP contribution in [0.4, 0.5) is 0 Å². The minimum Gasteiger partial charge on any atom is -0.383 e. The van der Waals surface area contributed by atoms with Crippen molar-refractivity contribution in [2.24, 2.45) is 17.6 Å². The van der Waals surface area contributed by atoms with E-state index >= 15 is 0 Å². The molecule has 4 nitrogen and oxygen atoms in total. The third-order valence-corrected chi connectivity index (χ3v) is 3.91. The number of methoxy groups -OCH3 is 1. The van der Waals surface area contributed by atoms with Crippen molar-refractivity contribution in [3.05, 3.63) is 0 Å². The Labute approximate surface area is 111 Å². The van der Waals surface area contributed by atoms with Gasteiger partial charge in [-0.1, -0.05) is 26.7 Å². The fourth-order valence-electron chi connectivity index (χ4n) is 2.57. The van der Waals surface area contributed by atoms with E-state index in [4.69, 9.17) is 10.5 Å². The fraction of sp³-hybridized carbons (Fsp3) is 0.929. The number of carbonyl (C=O) groups is 1. The summed E-state index contributed by atoms with van der Waals surface area (Å²) >= 11 is 0. The molecule has 0 saturated heterocycles. The average molecular weight is 256 g/mol. The summed E-state index contributed by atoms with van der Waals surface area (Å²) in [5, 5.41) is 3.07. The zero-order valence-corrected chi connectivity index (χ0v) is 11.9. The van der Waals surface area contributed by atoms with E-state index in [1.54, 1.807) is 7.11 Å². The Morgan fingerprint density at radius 2 is 2.06 bits per heavy atom. The number of amides is 1. The molecule has 0 aromatic heterocycles. The molecule has 0 aliphatic heterocycles. The van der Waals surface area contributed by atoms with Crippen LogP contribution in [0.1, 0.15) is 46.0 Å². The van der Waals surface area contributed by atoms with Gasteiger partial charge < -0.3 is 15.8 Å². The zero-order valence-electron chi connectivity index (χ0n) is 11.9. The Bertz CT molecular complexity index is 248. The van der Waals surface area contributed by atoms with Gasteiger partial charge in [0.25, 0.3) is 0 Å². The van der Waals surface area contributed by atoms with E-state index in [0.717, 1.165) is 12.8 Å². The summed E-state index contributed by atoms with van der Waals surface area (Å²) in [5.41, 5.74) is 6.07. The smallest absolute Gasteiger partial charge is 0.220 e. The van der Waals surface area contributed by atoms with Crippen molar-refractivity contribution in [2.75, 3.05) is 13.7 Å². The molecule has 0 radical (unpaired) electrons. The second kappa shape index (κ2) is 7.74. The van der Waals surface area contributed by atoms with Crippen LogP contribution in [0.15, 0.2) is 0 Å². The van der Waals surface area contributed by atoms with Crippen LogP contribution in [0.5, 0.6) is 0 Å². The molecule has 3 N–H and O–H groups in total. The minimum absolute atomic E-state index is 0.0994. The third-order valence-electron chi connectivity index (χ3n) is 3.91. The number of hydrogen-bond donors (Lipinski definition) is 2. The van der Waals surface area contributed by atoms with Crippen LogP contribution in [0.25, 0.3) is 0 Å². The lowest BCUT2D eigenvalue weighted by Gasteiger charge is -2.29. The molecule has 0 spiro atoms.